The van der Waals surface area contributed by atoms with E-state index in [1.54, 1.807) is 30.3 Å². The van der Waals surface area contributed by atoms with Gasteiger partial charge in [0.05, 0.1) is 30.2 Å². The second kappa shape index (κ2) is 14.9. The minimum atomic E-state index is -4.95. The third-order valence-electron chi connectivity index (χ3n) is 7.76. The molecule has 1 unspecified atom stereocenters. The van der Waals surface area contributed by atoms with E-state index in [4.69, 9.17) is 11.6 Å². The standard InChI is InChI=1S/C32H31ClF5N3O5/c1-45-27(42)12-13-39-28(43)24-8-5-9-25(24)41-30(44)31(17-19-6-3-2-4-7-19,26-11-10-21(33)18-40-26)20-14-22(34)16-23(15-20)46-32(37,38)29(35)36/h2-4,6-7,10-11,14-16,18,24-25,29H,5,8-9,12-13,17H2,1H3,(H,39,43)(H,41,44)/t24-,25+,31?/m0/s1. The molecule has 1 saturated carbocycles. The number of amides is 2. The molecule has 8 nitrogen and oxygen atoms in total. The van der Waals surface area contributed by atoms with Crippen LogP contribution in [0, 0.1) is 11.7 Å². The molecule has 1 aliphatic carbocycles. The molecule has 2 amide bonds. The molecule has 0 bridgehead atoms. The van der Waals surface area contributed by atoms with E-state index < -0.39 is 59.3 Å². The molecule has 0 aliphatic heterocycles. The van der Waals surface area contributed by atoms with Crippen LogP contribution in [0.5, 0.6) is 5.75 Å². The number of methoxy groups -OCH3 is 1. The lowest BCUT2D eigenvalue weighted by molar-refractivity contribution is -0.253. The molecule has 1 fully saturated rings. The molecule has 0 radical (unpaired) electrons. The number of nitrogens with one attached hydrogen (secondary N) is 2. The van der Waals surface area contributed by atoms with Gasteiger partial charge < -0.3 is 20.1 Å². The van der Waals surface area contributed by atoms with Gasteiger partial charge in [0.2, 0.25) is 11.8 Å². The Hall–Kier alpha value is -4.26. The quantitative estimate of drug-likeness (QED) is 0.182. The summed E-state index contributed by atoms with van der Waals surface area (Å²) in [5.74, 6) is -4.44. The molecule has 4 rings (SSSR count). The van der Waals surface area contributed by atoms with Crippen molar-refractivity contribution in [2.45, 2.75) is 56.1 Å². The molecule has 1 aliphatic rings. The Kier molecular flexibility index (Phi) is 11.2. The van der Waals surface area contributed by atoms with E-state index in [2.05, 4.69) is 25.1 Å². The van der Waals surface area contributed by atoms with Crippen LogP contribution in [0.1, 0.15) is 42.5 Å². The summed E-state index contributed by atoms with van der Waals surface area (Å²) in [6, 6.07) is 13.0. The van der Waals surface area contributed by atoms with E-state index in [1.807, 2.05) is 0 Å². The van der Waals surface area contributed by atoms with Crippen molar-refractivity contribution in [3.05, 3.63) is 94.5 Å². The van der Waals surface area contributed by atoms with Crippen molar-refractivity contribution in [3.63, 3.8) is 0 Å². The van der Waals surface area contributed by atoms with Gasteiger partial charge in [-0.15, -0.1) is 0 Å². The number of benzene rings is 2. The predicted octanol–water partition coefficient (Wildman–Crippen LogP) is 5.60. The summed E-state index contributed by atoms with van der Waals surface area (Å²) >= 11 is 6.09. The lowest BCUT2D eigenvalue weighted by Crippen LogP contribution is -2.53. The Labute approximate surface area is 266 Å². The van der Waals surface area contributed by atoms with Crippen molar-refractivity contribution in [1.82, 2.24) is 15.6 Å². The monoisotopic (exact) mass is 667 g/mol. The largest absolute Gasteiger partial charge is 0.469 e. The third-order valence-corrected chi connectivity index (χ3v) is 7.99. The first-order valence-corrected chi connectivity index (χ1v) is 14.7. The molecule has 246 valence electrons. The Morgan fingerprint density at radius 2 is 1.80 bits per heavy atom. The van der Waals surface area contributed by atoms with E-state index in [-0.39, 0.29) is 35.7 Å². The molecule has 1 aromatic heterocycles. The fourth-order valence-corrected chi connectivity index (χ4v) is 5.64. The van der Waals surface area contributed by atoms with E-state index in [0.717, 1.165) is 12.1 Å². The number of hydrogen-bond acceptors (Lipinski definition) is 6. The molecular weight excluding hydrogens is 637 g/mol. The van der Waals surface area contributed by atoms with Crippen LogP contribution < -0.4 is 15.4 Å². The van der Waals surface area contributed by atoms with Crippen molar-refractivity contribution in [2.75, 3.05) is 13.7 Å². The number of hydrogen-bond donors (Lipinski definition) is 2. The Morgan fingerprint density at radius 3 is 2.46 bits per heavy atom. The van der Waals surface area contributed by atoms with Gasteiger partial charge in [-0.3, -0.25) is 19.4 Å². The average Bonchev–Trinajstić information content (AvgIpc) is 3.48. The zero-order valence-electron chi connectivity index (χ0n) is 24.6. The maximum atomic E-state index is 15.1. The molecular formula is C32H31ClF5N3O5. The van der Waals surface area contributed by atoms with Crippen molar-refractivity contribution in [2.24, 2.45) is 5.92 Å². The number of ether oxygens (including phenoxy) is 2. The van der Waals surface area contributed by atoms with Crippen LogP contribution in [0.2, 0.25) is 5.02 Å². The third kappa shape index (κ3) is 8.11. The van der Waals surface area contributed by atoms with Crippen molar-refractivity contribution >= 4 is 29.4 Å². The molecule has 46 heavy (non-hydrogen) atoms. The van der Waals surface area contributed by atoms with Gasteiger partial charge in [0, 0.05) is 24.8 Å². The highest BCUT2D eigenvalue weighted by Gasteiger charge is 2.48. The number of alkyl halides is 4. The highest BCUT2D eigenvalue weighted by Crippen LogP contribution is 2.40. The summed E-state index contributed by atoms with van der Waals surface area (Å²) in [5, 5.41) is 5.78. The van der Waals surface area contributed by atoms with Gasteiger partial charge >= 0.3 is 18.5 Å². The van der Waals surface area contributed by atoms with Crippen LogP contribution in [0.4, 0.5) is 22.0 Å². The predicted molar refractivity (Wildman–Crippen MR) is 157 cm³/mol. The fourth-order valence-electron chi connectivity index (χ4n) is 5.53. The highest BCUT2D eigenvalue weighted by molar-refractivity contribution is 6.30. The topological polar surface area (TPSA) is 107 Å². The summed E-state index contributed by atoms with van der Waals surface area (Å²) in [4.78, 5) is 43.5. The summed E-state index contributed by atoms with van der Waals surface area (Å²) in [6.45, 7) is 0.0185. The second-order valence-electron chi connectivity index (χ2n) is 10.8. The Balaban J connectivity index is 1.80. The first-order chi connectivity index (χ1) is 21.9. The van der Waals surface area contributed by atoms with Crippen molar-refractivity contribution < 1.29 is 45.8 Å². The molecule has 0 spiro atoms. The van der Waals surface area contributed by atoms with E-state index in [1.165, 1.54) is 25.4 Å². The number of carbonyl (C=O) groups excluding carboxylic acids is 3. The Bertz CT molecular complexity index is 1530. The zero-order valence-corrected chi connectivity index (χ0v) is 25.3. The normalized spacial score (nSPS) is 17.7. The molecule has 0 saturated heterocycles. The number of rotatable bonds is 13. The second-order valence-corrected chi connectivity index (χ2v) is 11.2. The van der Waals surface area contributed by atoms with Gasteiger partial charge in [-0.1, -0.05) is 48.4 Å². The maximum absolute atomic E-state index is 15.1. The SMILES string of the molecule is COC(=O)CCNC(=O)[C@H]1CCC[C@H]1NC(=O)C(Cc1ccccc1)(c1cc(F)cc(OC(F)(F)C(F)F)c1)c1ccc(Cl)cn1. The molecule has 14 heteroatoms. The van der Waals surface area contributed by atoms with Crippen LogP contribution in [-0.2, 0) is 31.0 Å². The summed E-state index contributed by atoms with van der Waals surface area (Å²) < 4.78 is 77.8. The van der Waals surface area contributed by atoms with Gasteiger partial charge in [-0.2, -0.15) is 17.6 Å². The lowest BCUT2D eigenvalue weighted by atomic mass is 9.71. The summed E-state index contributed by atoms with van der Waals surface area (Å²) in [6.07, 6.45) is -6.77. The van der Waals surface area contributed by atoms with Gasteiger partial charge in [0.15, 0.2) is 0 Å². The average molecular weight is 668 g/mol. The van der Waals surface area contributed by atoms with Crippen LogP contribution in [0.25, 0.3) is 0 Å². The van der Waals surface area contributed by atoms with E-state index >= 15 is 4.39 Å². The van der Waals surface area contributed by atoms with Gasteiger partial charge in [-0.25, -0.2) is 4.39 Å². The molecule has 3 aromatic rings. The van der Waals surface area contributed by atoms with Gasteiger partial charge in [-0.05, 0) is 54.7 Å². The van der Waals surface area contributed by atoms with Crippen molar-refractivity contribution in [3.8, 4) is 5.75 Å². The first-order valence-electron chi connectivity index (χ1n) is 14.3. The van der Waals surface area contributed by atoms with Gasteiger partial charge in [0.1, 0.15) is 17.0 Å². The number of esters is 1. The van der Waals surface area contributed by atoms with Crippen LogP contribution in [-0.4, -0.2) is 55.0 Å². The van der Waals surface area contributed by atoms with Gasteiger partial charge in [0.25, 0.3) is 0 Å². The molecule has 3 atom stereocenters. The molecule has 2 aromatic carbocycles. The number of nitrogens with zero attached hydrogens (tertiary/aromatic N) is 1. The minimum Gasteiger partial charge on any atom is -0.469 e. The zero-order chi connectivity index (χ0) is 33.5. The lowest BCUT2D eigenvalue weighted by Gasteiger charge is -2.35. The minimum absolute atomic E-state index is 0.0185. The first kappa shape index (κ1) is 34.6. The molecule has 2 N–H and O–H groups in total. The van der Waals surface area contributed by atoms with Crippen LogP contribution in [0.15, 0.2) is 66.9 Å². The smallest absolute Gasteiger partial charge is 0.461 e. The van der Waals surface area contributed by atoms with Crippen LogP contribution in [0.3, 0.4) is 0 Å². The number of pyridine rings is 1. The van der Waals surface area contributed by atoms with E-state index in [9.17, 15) is 31.9 Å². The maximum Gasteiger partial charge on any atom is 0.461 e. The number of aromatic nitrogens is 1. The number of halogens is 6. The Morgan fingerprint density at radius 1 is 1.07 bits per heavy atom. The van der Waals surface area contributed by atoms with Crippen LogP contribution >= 0.6 is 11.6 Å². The number of carbonyl (C=O) groups is 3. The molecule has 1 heterocycles. The fraction of sp³-hybridized carbons (Fsp3) is 0.375. The van der Waals surface area contributed by atoms with E-state index in [0.29, 0.717) is 30.9 Å². The highest BCUT2D eigenvalue weighted by atomic mass is 35.5. The summed E-state index contributed by atoms with van der Waals surface area (Å²) in [5.41, 5.74) is -1.59. The summed E-state index contributed by atoms with van der Waals surface area (Å²) in [7, 11) is 1.22. The van der Waals surface area contributed by atoms with Crippen molar-refractivity contribution in [1.29, 1.82) is 0 Å².